The van der Waals surface area contributed by atoms with Crippen LogP contribution < -0.4 is 10.1 Å². The molecule has 0 aromatic heterocycles. The van der Waals surface area contributed by atoms with Crippen LogP contribution in [0.25, 0.3) is 0 Å². The summed E-state index contributed by atoms with van der Waals surface area (Å²) in [6, 6.07) is 7.30. The van der Waals surface area contributed by atoms with Crippen LogP contribution >= 0.6 is 11.6 Å². The lowest BCUT2D eigenvalue weighted by atomic mass is 10.2. The molecule has 0 fully saturated rings. The summed E-state index contributed by atoms with van der Waals surface area (Å²) in [6.07, 6.45) is 1.45. The quantitative estimate of drug-likeness (QED) is 0.859. The van der Waals surface area contributed by atoms with Crippen molar-refractivity contribution in [3.8, 4) is 5.75 Å². The minimum Gasteiger partial charge on any atom is -0.479 e. The van der Waals surface area contributed by atoms with Crippen LogP contribution in [0.4, 0.5) is 0 Å². The van der Waals surface area contributed by atoms with E-state index in [1.807, 2.05) is 19.1 Å². The Hall–Kier alpha value is -1.22. The number of halogens is 1. The average Bonchev–Trinajstić information content (AvgIpc) is 2.32. The molecule has 0 aliphatic rings. The zero-order chi connectivity index (χ0) is 13.5. The molecular formula is C14H20ClNO2. The summed E-state index contributed by atoms with van der Waals surface area (Å²) in [5, 5.41) is 3.43. The van der Waals surface area contributed by atoms with Gasteiger partial charge in [0.2, 0.25) is 0 Å². The first-order valence-electron chi connectivity index (χ1n) is 6.26. The van der Waals surface area contributed by atoms with Gasteiger partial charge in [-0.2, -0.15) is 0 Å². The second-order valence-electron chi connectivity index (χ2n) is 4.39. The fourth-order valence-electron chi connectivity index (χ4n) is 1.65. The maximum atomic E-state index is 11.9. The molecule has 1 N–H and O–H groups in total. The molecule has 3 nitrogen and oxygen atoms in total. The lowest BCUT2D eigenvalue weighted by molar-refractivity contribution is -0.127. The molecule has 0 saturated heterocycles. The molecule has 4 heteroatoms. The van der Waals surface area contributed by atoms with Gasteiger partial charge in [0.05, 0.1) is 5.02 Å². The molecule has 0 aliphatic heterocycles. The van der Waals surface area contributed by atoms with Gasteiger partial charge >= 0.3 is 0 Å². The van der Waals surface area contributed by atoms with Crippen molar-refractivity contribution in [1.82, 2.24) is 5.32 Å². The van der Waals surface area contributed by atoms with Crippen LogP contribution in [0.1, 0.15) is 33.6 Å². The summed E-state index contributed by atoms with van der Waals surface area (Å²) < 4.78 is 5.54. The highest BCUT2D eigenvalue weighted by Gasteiger charge is 2.17. The van der Waals surface area contributed by atoms with Gasteiger partial charge in [0.15, 0.2) is 6.10 Å². The van der Waals surface area contributed by atoms with Crippen molar-refractivity contribution in [2.45, 2.75) is 45.8 Å². The van der Waals surface area contributed by atoms with Crippen LogP contribution in [0.3, 0.4) is 0 Å². The average molecular weight is 270 g/mol. The molecule has 1 amide bonds. The van der Waals surface area contributed by atoms with E-state index in [4.69, 9.17) is 16.3 Å². The summed E-state index contributed by atoms with van der Waals surface area (Å²) >= 11 is 5.97. The van der Waals surface area contributed by atoms with Crippen molar-refractivity contribution in [2.24, 2.45) is 0 Å². The van der Waals surface area contributed by atoms with Crippen LogP contribution in [0, 0.1) is 0 Å². The van der Waals surface area contributed by atoms with E-state index < -0.39 is 6.10 Å². The van der Waals surface area contributed by atoms with Crippen LogP contribution in [0.15, 0.2) is 24.3 Å². The third-order valence-corrected chi connectivity index (χ3v) is 2.93. The molecule has 0 aliphatic carbocycles. The number of amides is 1. The minimum atomic E-state index is -0.552. The molecule has 0 unspecified atom stereocenters. The largest absolute Gasteiger partial charge is 0.479 e. The first-order chi connectivity index (χ1) is 8.54. The van der Waals surface area contributed by atoms with E-state index in [2.05, 4.69) is 12.2 Å². The van der Waals surface area contributed by atoms with Crippen molar-refractivity contribution < 1.29 is 9.53 Å². The second kappa shape index (κ2) is 7.27. The number of carbonyl (C=O) groups excluding carboxylic acids is 1. The van der Waals surface area contributed by atoms with Crippen molar-refractivity contribution in [1.29, 1.82) is 0 Å². The topological polar surface area (TPSA) is 38.3 Å². The van der Waals surface area contributed by atoms with E-state index in [0.29, 0.717) is 10.8 Å². The molecule has 0 radical (unpaired) electrons. The molecule has 18 heavy (non-hydrogen) atoms. The van der Waals surface area contributed by atoms with Gasteiger partial charge in [0.1, 0.15) is 5.75 Å². The number of carbonyl (C=O) groups is 1. The number of para-hydroxylation sites is 1. The van der Waals surface area contributed by atoms with Crippen molar-refractivity contribution in [2.75, 3.05) is 0 Å². The molecule has 1 rings (SSSR count). The van der Waals surface area contributed by atoms with Crippen LogP contribution in [0.2, 0.25) is 5.02 Å². The van der Waals surface area contributed by atoms with E-state index in [9.17, 15) is 4.79 Å². The molecule has 100 valence electrons. The Bertz CT molecular complexity index is 395. The predicted molar refractivity (Wildman–Crippen MR) is 74.1 cm³/mol. The summed E-state index contributed by atoms with van der Waals surface area (Å²) in [5.41, 5.74) is 0. The number of hydrogen-bond acceptors (Lipinski definition) is 2. The third kappa shape index (κ3) is 4.57. The zero-order valence-corrected chi connectivity index (χ0v) is 11.8. The number of rotatable bonds is 6. The molecule has 2 atom stereocenters. The summed E-state index contributed by atoms with van der Waals surface area (Å²) in [7, 11) is 0. The van der Waals surface area contributed by atoms with E-state index >= 15 is 0 Å². The first kappa shape index (κ1) is 14.8. The van der Waals surface area contributed by atoms with Crippen molar-refractivity contribution >= 4 is 17.5 Å². The summed E-state index contributed by atoms with van der Waals surface area (Å²) in [5.74, 6) is 0.417. The van der Waals surface area contributed by atoms with Crippen molar-refractivity contribution in [3.05, 3.63) is 29.3 Å². The molecule has 0 spiro atoms. The van der Waals surface area contributed by atoms with E-state index in [1.54, 1.807) is 19.1 Å². The summed E-state index contributed by atoms with van der Waals surface area (Å²) in [4.78, 5) is 11.9. The molecule has 1 aromatic rings. The zero-order valence-electron chi connectivity index (χ0n) is 11.1. The van der Waals surface area contributed by atoms with Gasteiger partial charge in [0.25, 0.3) is 5.91 Å². The van der Waals surface area contributed by atoms with E-state index in [0.717, 1.165) is 12.8 Å². The van der Waals surface area contributed by atoms with E-state index in [1.165, 1.54) is 0 Å². The Morgan fingerprint density at radius 2 is 2.06 bits per heavy atom. The van der Waals surface area contributed by atoms with Crippen LogP contribution in [-0.4, -0.2) is 18.1 Å². The second-order valence-corrected chi connectivity index (χ2v) is 4.80. The van der Waals surface area contributed by atoms with Crippen LogP contribution in [-0.2, 0) is 4.79 Å². The fraction of sp³-hybridized carbons (Fsp3) is 0.500. The highest BCUT2D eigenvalue weighted by molar-refractivity contribution is 6.32. The van der Waals surface area contributed by atoms with Gasteiger partial charge in [-0.1, -0.05) is 37.1 Å². The third-order valence-electron chi connectivity index (χ3n) is 2.62. The lowest BCUT2D eigenvalue weighted by Crippen LogP contribution is -2.41. The van der Waals surface area contributed by atoms with Gasteiger partial charge < -0.3 is 10.1 Å². The minimum absolute atomic E-state index is 0.115. The highest BCUT2D eigenvalue weighted by Crippen LogP contribution is 2.24. The number of benzene rings is 1. The van der Waals surface area contributed by atoms with Gasteiger partial charge in [0, 0.05) is 6.04 Å². The molecule has 1 aromatic carbocycles. The summed E-state index contributed by atoms with van der Waals surface area (Å²) in [6.45, 7) is 5.80. The fourth-order valence-corrected chi connectivity index (χ4v) is 1.83. The SMILES string of the molecule is CCC[C@H](C)NC(=O)[C@H](C)Oc1ccccc1Cl. The molecular weight excluding hydrogens is 250 g/mol. The molecule has 0 heterocycles. The highest BCUT2D eigenvalue weighted by atomic mass is 35.5. The van der Waals surface area contributed by atoms with E-state index in [-0.39, 0.29) is 11.9 Å². The van der Waals surface area contributed by atoms with Gasteiger partial charge in [-0.15, -0.1) is 0 Å². The normalized spacial score (nSPS) is 13.8. The molecule has 0 saturated carbocycles. The Labute approximate surface area is 113 Å². The van der Waals surface area contributed by atoms with Crippen molar-refractivity contribution in [3.63, 3.8) is 0 Å². The predicted octanol–water partition coefficient (Wildman–Crippen LogP) is 3.41. The Kier molecular flexibility index (Phi) is 5.99. The maximum Gasteiger partial charge on any atom is 0.260 e. The number of hydrogen-bond donors (Lipinski definition) is 1. The lowest BCUT2D eigenvalue weighted by Gasteiger charge is -2.18. The Balaban J connectivity index is 2.52. The smallest absolute Gasteiger partial charge is 0.260 e. The van der Waals surface area contributed by atoms with Crippen LogP contribution in [0.5, 0.6) is 5.75 Å². The Morgan fingerprint density at radius 3 is 2.67 bits per heavy atom. The Morgan fingerprint density at radius 1 is 1.39 bits per heavy atom. The standard InChI is InChI=1S/C14H20ClNO2/c1-4-7-10(2)16-14(17)11(3)18-13-9-6-5-8-12(13)15/h5-6,8-11H,4,7H2,1-3H3,(H,16,17)/t10-,11-/m0/s1. The van der Waals surface area contributed by atoms with Gasteiger partial charge in [-0.05, 0) is 32.4 Å². The first-order valence-corrected chi connectivity index (χ1v) is 6.64. The maximum absolute atomic E-state index is 11.9. The number of ether oxygens (including phenoxy) is 1. The van der Waals surface area contributed by atoms with Gasteiger partial charge in [-0.25, -0.2) is 0 Å². The monoisotopic (exact) mass is 269 g/mol. The van der Waals surface area contributed by atoms with Gasteiger partial charge in [-0.3, -0.25) is 4.79 Å². The molecule has 0 bridgehead atoms. The number of nitrogens with one attached hydrogen (secondary N) is 1.